The molecule has 0 aliphatic carbocycles. The minimum absolute atomic E-state index is 0.211. The molecule has 0 bridgehead atoms. The van der Waals surface area contributed by atoms with Crippen molar-refractivity contribution in [2.24, 2.45) is 5.41 Å². The molecule has 3 heteroatoms. The van der Waals surface area contributed by atoms with Crippen LogP contribution in [0, 0.1) is 5.41 Å². The first-order chi connectivity index (χ1) is 8.03. The molecule has 1 aliphatic rings. The fourth-order valence-corrected chi connectivity index (χ4v) is 1.80. The highest BCUT2D eigenvalue weighted by Crippen LogP contribution is 2.35. The van der Waals surface area contributed by atoms with Crippen molar-refractivity contribution in [3.8, 4) is 5.75 Å². The molecule has 0 saturated carbocycles. The topological polar surface area (TPSA) is 35.5 Å². The van der Waals surface area contributed by atoms with Gasteiger partial charge in [0.1, 0.15) is 12.4 Å². The number of ether oxygens (including phenoxy) is 2. The standard InChI is InChI=1S/C14H16O3/c1-14(2)9-17-13(15)12(14)8-10-4-6-11(16-3)7-5-10/h4-8H,9H2,1-3H3/b12-8-. The second-order valence-electron chi connectivity index (χ2n) is 4.79. The van der Waals surface area contributed by atoms with E-state index in [1.54, 1.807) is 7.11 Å². The van der Waals surface area contributed by atoms with Gasteiger partial charge in [0.2, 0.25) is 0 Å². The van der Waals surface area contributed by atoms with Crippen LogP contribution in [0.15, 0.2) is 29.8 Å². The van der Waals surface area contributed by atoms with Crippen LogP contribution in [0.1, 0.15) is 19.4 Å². The van der Waals surface area contributed by atoms with E-state index in [4.69, 9.17) is 9.47 Å². The van der Waals surface area contributed by atoms with Crippen LogP contribution in [0.25, 0.3) is 6.08 Å². The summed E-state index contributed by atoms with van der Waals surface area (Å²) in [6, 6.07) is 7.60. The van der Waals surface area contributed by atoms with E-state index < -0.39 is 0 Å². The molecule has 0 radical (unpaired) electrons. The lowest BCUT2D eigenvalue weighted by Gasteiger charge is -2.14. The third kappa shape index (κ3) is 2.33. The molecule has 0 unspecified atom stereocenters. The molecular weight excluding hydrogens is 216 g/mol. The van der Waals surface area contributed by atoms with Crippen molar-refractivity contribution in [3.63, 3.8) is 0 Å². The number of benzene rings is 1. The van der Waals surface area contributed by atoms with Crippen LogP contribution in [-0.2, 0) is 9.53 Å². The van der Waals surface area contributed by atoms with Crippen molar-refractivity contribution >= 4 is 12.0 Å². The largest absolute Gasteiger partial charge is 0.497 e. The maximum Gasteiger partial charge on any atom is 0.334 e. The smallest absolute Gasteiger partial charge is 0.334 e. The van der Waals surface area contributed by atoms with Gasteiger partial charge < -0.3 is 9.47 Å². The summed E-state index contributed by atoms with van der Waals surface area (Å²) in [5.74, 6) is 0.589. The monoisotopic (exact) mass is 232 g/mol. The summed E-state index contributed by atoms with van der Waals surface area (Å²) in [6.07, 6.45) is 1.88. The molecule has 1 aromatic carbocycles. The van der Waals surface area contributed by atoms with Crippen LogP contribution in [0.4, 0.5) is 0 Å². The van der Waals surface area contributed by atoms with Crippen molar-refractivity contribution in [2.75, 3.05) is 13.7 Å². The summed E-state index contributed by atoms with van der Waals surface area (Å²) in [6.45, 7) is 4.47. The Morgan fingerprint density at radius 3 is 2.41 bits per heavy atom. The Morgan fingerprint density at radius 2 is 1.94 bits per heavy atom. The molecule has 1 aliphatic heterocycles. The van der Waals surface area contributed by atoms with Gasteiger partial charge >= 0.3 is 5.97 Å². The Labute approximate surface area is 101 Å². The van der Waals surface area contributed by atoms with E-state index in [2.05, 4.69) is 0 Å². The quantitative estimate of drug-likeness (QED) is 0.581. The molecule has 90 valence electrons. The molecule has 17 heavy (non-hydrogen) atoms. The number of rotatable bonds is 2. The average Bonchev–Trinajstić information content (AvgIpc) is 2.57. The predicted octanol–water partition coefficient (Wildman–Crippen LogP) is 2.66. The zero-order valence-corrected chi connectivity index (χ0v) is 10.3. The van der Waals surface area contributed by atoms with Crippen molar-refractivity contribution in [2.45, 2.75) is 13.8 Å². The van der Waals surface area contributed by atoms with Crippen molar-refractivity contribution < 1.29 is 14.3 Å². The number of hydrogen-bond acceptors (Lipinski definition) is 3. The third-order valence-electron chi connectivity index (χ3n) is 2.94. The van der Waals surface area contributed by atoms with E-state index >= 15 is 0 Å². The fraction of sp³-hybridized carbons (Fsp3) is 0.357. The molecule has 0 aromatic heterocycles. The number of cyclic esters (lactones) is 1. The van der Waals surface area contributed by atoms with Crippen molar-refractivity contribution in [1.82, 2.24) is 0 Å². The second kappa shape index (κ2) is 4.24. The number of carbonyl (C=O) groups excluding carboxylic acids is 1. The highest BCUT2D eigenvalue weighted by Gasteiger charge is 2.37. The van der Waals surface area contributed by atoms with Crippen molar-refractivity contribution in [1.29, 1.82) is 0 Å². The average molecular weight is 232 g/mol. The van der Waals surface area contributed by atoms with Gasteiger partial charge in [-0.25, -0.2) is 4.79 Å². The van der Waals surface area contributed by atoms with Crippen LogP contribution in [0.5, 0.6) is 5.75 Å². The molecule has 0 atom stereocenters. The Bertz CT molecular complexity index is 455. The van der Waals surface area contributed by atoms with Crippen LogP contribution < -0.4 is 4.74 Å². The maximum absolute atomic E-state index is 11.6. The molecular formula is C14H16O3. The first-order valence-corrected chi connectivity index (χ1v) is 5.56. The number of carbonyl (C=O) groups is 1. The fourth-order valence-electron chi connectivity index (χ4n) is 1.80. The van der Waals surface area contributed by atoms with Gasteiger partial charge in [-0.15, -0.1) is 0 Å². The lowest BCUT2D eigenvalue weighted by molar-refractivity contribution is -0.135. The minimum atomic E-state index is -0.217. The maximum atomic E-state index is 11.6. The summed E-state index contributed by atoms with van der Waals surface area (Å²) in [7, 11) is 1.63. The van der Waals surface area contributed by atoms with E-state index in [-0.39, 0.29) is 11.4 Å². The Hall–Kier alpha value is -1.77. The number of hydrogen-bond donors (Lipinski definition) is 0. The lowest BCUT2D eigenvalue weighted by Crippen LogP contribution is -2.13. The van der Waals surface area contributed by atoms with E-state index in [0.29, 0.717) is 6.61 Å². The first-order valence-electron chi connectivity index (χ1n) is 5.56. The van der Waals surface area contributed by atoms with Gasteiger partial charge in [0, 0.05) is 11.0 Å². The minimum Gasteiger partial charge on any atom is -0.497 e. The summed E-state index contributed by atoms with van der Waals surface area (Å²) in [4.78, 5) is 11.6. The molecule has 2 rings (SSSR count). The van der Waals surface area contributed by atoms with Gasteiger partial charge in [0.25, 0.3) is 0 Å². The summed E-state index contributed by atoms with van der Waals surface area (Å²) >= 11 is 0. The Balaban J connectivity index is 2.31. The van der Waals surface area contributed by atoms with Gasteiger partial charge in [0.15, 0.2) is 0 Å². The van der Waals surface area contributed by atoms with E-state index in [1.807, 2.05) is 44.2 Å². The summed E-state index contributed by atoms with van der Waals surface area (Å²) < 4.78 is 10.2. The zero-order chi connectivity index (χ0) is 12.5. The highest BCUT2D eigenvalue weighted by molar-refractivity contribution is 5.97. The molecule has 0 amide bonds. The van der Waals surface area contributed by atoms with Crippen LogP contribution in [0.3, 0.4) is 0 Å². The Kier molecular flexibility index (Phi) is 2.92. The van der Waals surface area contributed by atoms with Crippen LogP contribution in [0.2, 0.25) is 0 Å². The van der Waals surface area contributed by atoms with Gasteiger partial charge in [-0.3, -0.25) is 0 Å². The van der Waals surface area contributed by atoms with Gasteiger partial charge in [0.05, 0.1) is 7.11 Å². The number of methoxy groups -OCH3 is 1. The summed E-state index contributed by atoms with van der Waals surface area (Å²) in [5, 5.41) is 0. The predicted molar refractivity (Wildman–Crippen MR) is 65.7 cm³/mol. The second-order valence-corrected chi connectivity index (χ2v) is 4.79. The molecule has 1 saturated heterocycles. The van der Waals surface area contributed by atoms with E-state index in [9.17, 15) is 4.79 Å². The van der Waals surface area contributed by atoms with Crippen molar-refractivity contribution in [3.05, 3.63) is 35.4 Å². The third-order valence-corrected chi connectivity index (χ3v) is 2.94. The molecule has 1 aromatic rings. The normalized spacial score (nSPS) is 20.4. The van der Waals surface area contributed by atoms with Gasteiger partial charge in [-0.2, -0.15) is 0 Å². The summed E-state index contributed by atoms with van der Waals surface area (Å²) in [5.41, 5.74) is 1.49. The molecule has 3 nitrogen and oxygen atoms in total. The van der Waals surface area contributed by atoms with Crippen LogP contribution >= 0.6 is 0 Å². The van der Waals surface area contributed by atoms with E-state index in [1.165, 1.54) is 0 Å². The Morgan fingerprint density at radius 1 is 1.29 bits per heavy atom. The molecule has 0 N–H and O–H groups in total. The highest BCUT2D eigenvalue weighted by atomic mass is 16.5. The lowest BCUT2D eigenvalue weighted by atomic mass is 9.86. The molecule has 0 spiro atoms. The molecule has 1 fully saturated rings. The van der Waals surface area contributed by atoms with E-state index in [0.717, 1.165) is 16.9 Å². The van der Waals surface area contributed by atoms with Crippen LogP contribution in [-0.4, -0.2) is 19.7 Å². The number of esters is 1. The first kappa shape index (κ1) is 11.7. The van der Waals surface area contributed by atoms with Gasteiger partial charge in [-0.1, -0.05) is 26.0 Å². The van der Waals surface area contributed by atoms with Gasteiger partial charge in [-0.05, 0) is 23.8 Å². The molecule has 1 heterocycles. The zero-order valence-electron chi connectivity index (χ0n) is 10.3. The SMILES string of the molecule is COc1ccc(/C=C2/C(=O)OCC2(C)C)cc1.